The number of hydrogen-bond donors (Lipinski definition) is 5. The first-order chi connectivity index (χ1) is 29.0. The fraction of sp³-hybridized carbons (Fsp3) is 0.981. The van der Waals surface area contributed by atoms with Crippen LogP contribution in [0.3, 0.4) is 0 Å². The van der Waals surface area contributed by atoms with Gasteiger partial charge in [-0.1, -0.05) is 290 Å². The smallest absolute Gasteiger partial charge is 0.249 e. The van der Waals surface area contributed by atoms with E-state index in [0.717, 1.165) is 38.5 Å². The molecule has 0 aromatic carbocycles. The van der Waals surface area contributed by atoms with E-state index in [9.17, 15) is 25.2 Å². The monoisotopic (exact) mass is 838 g/mol. The van der Waals surface area contributed by atoms with E-state index < -0.39 is 36.9 Å². The quantitative estimate of drug-likeness (QED) is 0.0392. The van der Waals surface area contributed by atoms with Gasteiger partial charge in [0.1, 0.15) is 12.2 Å². The van der Waals surface area contributed by atoms with Crippen LogP contribution in [0.5, 0.6) is 0 Å². The van der Waals surface area contributed by atoms with Gasteiger partial charge in [0.15, 0.2) is 0 Å². The highest BCUT2D eigenvalue weighted by molar-refractivity contribution is 5.80. The van der Waals surface area contributed by atoms with Crippen molar-refractivity contribution in [3.8, 4) is 0 Å². The number of rotatable bonds is 50. The topological polar surface area (TPSA) is 110 Å². The van der Waals surface area contributed by atoms with Gasteiger partial charge in [-0.25, -0.2) is 0 Å². The number of carbonyl (C=O) groups excluding carboxylic acids is 1. The van der Waals surface area contributed by atoms with Crippen molar-refractivity contribution >= 4 is 5.91 Å². The molecule has 0 fully saturated rings. The second kappa shape index (κ2) is 48.3. The molecular weight excluding hydrogens is 731 g/mol. The number of hydrogen-bond acceptors (Lipinski definition) is 5. The summed E-state index contributed by atoms with van der Waals surface area (Å²) in [4.78, 5) is 12.5. The van der Waals surface area contributed by atoms with Crippen molar-refractivity contribution in [3.63, 3.8) is 0 Å². The average molecular weight is 838 g/mol. The molecule has 0 heterocycles. The number of carbonyl (C=O) groups is 1. The minimum Gasteiger partial charge on any atom is -0.394 e. The molecule has 0 aliphatic carbocycles. The number of unbranched alkanes of at least 4 members (excludes halogenated alkanes) is 41. The Labute approximate surface area is 369 Å². The summed E-state index contributed by atoms with van der Waals surface area (Å²) >= 11 is 0. The number of aliphatic hydroxyl groups is 4. The van der Waals surface area contributed by atoms with Gasteiger partial charge in [-0.2, -0.15) is 0 Å². The van der Waals surface area contributed by atoms with Crippen LogP contribution >= 0.6 is 0 Å². The number of amides is 1. The molecule has 0 rings (SSSR count). The van der Waals surface area contributed by atoms with Gasteiger partial charge in [-0.15, -0.1) is 0 Å². The normalized spacial score (nSPS) is 13.8. The first-order valence-electron chi connectivity index (χ1n) is 26.9. The van der Waals surface area contributed by atoms with Crippen molar-refractivity contribution in [1.82, 2.24) is 5.32 Å². The Bertz CT molecular complexity index is 811. The lowest BCUT2D eigenvalue weighted by Crippen LogP contribution is -2.53. The zero-order valence-electron chi connectivity index (χ0n) is 40.0. The van der Waals surface area contributed by atoms with E-state index in [1.165, 1.54) is 238 Å². The van der Waals surface area contributed by atoms with Gasteiger partial charge in [0, 0.05) is 0 Å². The Morgan fingerprint density at radius 2 is 0.576 bits per heavy atom. The zero-order chi connectivity index (χ0) is 43.1. The summed E-state index contributed by atoms with van der Waals surface area (Å²) in [6.07, 6.45) is 54.7. The summed E-state index contributed by atoms with van der Waals surface area (Å²) in [7, 11) is 0. The molecule has 6 heteroatoms. The molecule has 0 aromatic rings. The molecule has 0 aliphatic heterocycles. The summed E-state index contributed by atoms with van der Waals surface area (Å²) in [5, 5.41) is 43.7. The molecule has 0 spiro atoms. The molecule has 59 heavy (non-hydrogen) atoms. The molecule has 4 atom stereocenters. The molecule has 4 unspecified atom stereocenters. The van der Waals surface area contributed by atoms with E-state index in [2.05, 4.69) is 19.2 Å². The SMILES string of the molecule is CCCCCCCCCCCCCCCCCCCCCCCCCCCCCCCCCCC(O)C(=O)NC(CO)C(O)C(O)CCCCCCCCCCCCC. The molecule has 0 aromatic heterocycles. The van der Waals surface area contributed by atoms with Gasteiger partial charge < -0.3 is 25.7 Å². The van der Waals surface area contributed by atoms with Crippen LogP contribution in [0.4, 0.5) is 0 Å². The summed E-state index contributed by atoms with van der Waals surface area (Å²) in [6.45, 7) is 4.06. The van der Waals surface area contributed by atoms with Crippen LogP contribution < -0.4 is 5.32 Å². The first kappa shape index (κ1) is 58.3. The van der Waals surface area contributed by atoms with Crippen molar-refractivity contribution in [2.75, 3.05) is 6.61 Å². The minimum atomic E-state index is -1.25. The van der Waals surface area contributed by atoms with Crippen LogP contribution in [0.1, 0.15) is 303 Å². The Kier molecular flexibility index (Phi) is 47.8. The lowest BCUT2D eigenvalue weighted by atomic mass is 9.99. The van der Waals surface area contributed by atoms with E-state index in [4.69, 9.17) is 0 Å². The van der Waals surface area contributed by atoms with Crippen molar-refractivity contribution in [2.24, 2.45) is 0 Å². The molecule has 0 saturated carbocycles. The van der Waals surface area contributed by atoms with Crippen LogP contribution in [0, 0.1) is 0 Å². The maximum atomic E-state index is 12.5. The lowest BCUT2D eigenvalue weighted by Gasteiger charge is -2.27. The highest BCUT2D eigenvalue weighted by atomic mass is 16.3. The standard InChI is InChI=1S/C53H107NO5/c1-3-5-7-9-11-13-15-16-17-18-19-20-21-22-23-24-25-26-27-28-29-30-31-32-33-34-35-37-39-41-43-45-47-51(57)53(59)54-49(48-55)52(58)50(56)46-44-42-40-38-36-14-12-10-8-6-4-2/h49-52,55-58H,3-48H2,1-2H3,(H,54,59). The van der Waals surface area contributed by atoms with E-state index in [1.807, 2.05) is 0 Å². The Morgan fingerprint density at radius 3 is 0.814 bits per heavy atom. The minimum absolute atomic E-state index is 0.376. The van der Waals surface area contributed by atoms with Crippen LogP contribution in [0.25, 0.3) is 0 Å². The lowest BCUT2D eigenvalue weighted by molar-refractivity contribution is -0.132. The molecule has 0 aliphatic rings. The van der Waals surface area contributed by atoms with Crippen molar-refractivity contribution in [2.45, 2.75) is 327 Å². The third kappa shape index (κ3) is 42.4. The van der Waals surface area contributed by atoms with Gasteiger partial charge in [0.2, 0.25) is 5.91 Å². The van der Waals surface area contributed by atoms with E-state index in [0.29, 0.717) is 12.8 Å². The van der Waals surface area contributed by atoms with Crippen LogP contribution in [-0.2, 0) is 4.79 Å². The third-order valence-corrected chi connectivity index (χ3v) is 13.1. The maximum Gasteiger partial charge on any atom is 0.249 e. The molecule has 6 nitrogen and oxygen atoms in total. The Balaban J connectivity index is 3.49. The van der Waals surface area contributed by atoms with Crippen molar-refractivity contribution < 1.29 is 25.2 Å². The van der Waals surface area contributed by atoms with Gasteiger partial charge in [-0.3, -0.25) is 4.79 Å². The highest BCUT2D eigenvalue weighted by Gasteiger charge is 2.28. The average Bonchev–Trinajstić information content (AvgIpc) is 3.24. The largest absolute Gasteiger partial charge is 0.394 e. The summed E-state index contributed by atoms with van der Waals surface area (Å²) in [5.41, 5.74) is 0. The number of aliphatic hydroxyl groups excluding tert-OH is 4. The van der Waals surface area contributed by atoms with E-state index >= 15 is 0 Å². The second-order valence-electron chi connectivity index (χ2n) is 18.9. The van der Waals surface area contributed by atoms with Crippen LogP contribution in [0.15, 0.2) is 0 Å². The van der Waals surface area contributed by atoms with Gasteiger partial charge in [0.25, 0.3) is 0 Å². The molecule has 5 N–H and O–H groups in total. The fourth-order valence-corrected chi connectivity index (χ4v) is 8.82. The zero-order valence-corrected chi connectivity index (χ0v) is 40.0. The molecule has 0 saturated heterocycles. The second-order valence-corrected chi connectivity index (χ2v) is 18.9. The molecule has 0 bridgehead atoms. The van der Waals surface area contributed by atoms with Gasteiger partial charge >= 0.3 is 0 Å². The van der Waals surface area contributed by atoms with E-state index in [-0.39, 0.29) is 0 Å². The Hall–Kier alpha value is -0.690. The summed E-state index contributed by atoms with van der Waals surface area (Å²) in [5.74, 6) is -0.578. The molecule has 0 radical (unpaired) electrons. The predicted octanol–water partition coefficient (Wildman–Crippen LogP) is 15.1. The van der Waals surface area contributed by atoms with Crippen molar-refractivity contribution in [1.29, 1.82) is 0 Å². The van der Waals surface area contributed by atoms with Crippen molar-refractivity contribution in [3.05, 3.63) is 0 Å². The first-order valence-corrected chi connectivity index (χ1v) is 26.9. The summed E-state index contributed by atoms with van der Waals surface area (Å²) in [6, 6.07) is -0.979. The Morgan fingerprint density at radius 1 is 0.356 bits per heavy atom. The molecular formula is C53H107NO5. The third-order valence-electron chi connectivity index (χ3n) is 13.1. The van der Waals surface area contributed by atoms with E-state index in [1.54, 1.807) is 0 Å². The van der Waals surface area contributed by atoms with Gasteiger partial charge in [0.05, 0.1) is 18.8 Å². The predicted molar refractivity (Wildman–Crippen MR) is 256 cm³/mol. The fourth-order valence-electron chi connectivity index (χ4n) is 8.82. The molecule has 1 amide bonds. The van der Waals surface area contributed by atoms with Gasteiger partial charge in [-0.05, 0) is 12.8 Å². The maximum absolute atomic E-state index is 12.5. The number of nitrogens with one attached hydrogen (secondary N) is 1. The van der Waals surface area contributed by atoms with Crippen LogP contribution in [0.2, 0.25) is 0 Å². The highest BCUT2D eigenvalue weighted by Crippen LogP contribution is 2.18. The van der Waals surface area contributed by atoms with Crippen LogP contribution in [-0.4, -0.2) is 57.3 Å². The molecule has 354 valence electrons. The summed E-state index contributed by atoms with van der Waals surface area (Å²) < 4.78 is 0.